The highest BCUT2D eigenvalue weighted by Crippen LogP contribution is 2.25. The van der Waals surface area contributed by atoms with Crippen LogP contribution in [0.5, 0.6) is 0 Å². The first kappa shape index (κ1) is 18.1. The number of hydrogen-bond donors (Lipinski definition) is 0. The maximum absolute atomic E-state index is 12.7. The summed E-state index contributed by atoms with van der Waals surface area (Å²) >= 11 is 3.43. The van der Waals surface area contributed by atoms with Crippen LogP contribution >= 0.6 is 15.9 Å². The van der Waals surface area contributed by atoms with Crippen LogP contribution in [-0.4, -0.2) is 35.6 Å². The van der Waals surface area contributed by atoms with Crippen molar-refractivity contribution in [2.45, 2.75) is 39.2 Å². The number of halogens is 1. The molecule has 2 aromatic rings. The minimum absolute atomic E-state index is 0.0230. The number of carbonyl (C=O) groups is 1. The summed E-state index contributed by atoms with van der Waals surface area (Å²) in [7, 11) is 0. The minimum Gasteiger partial charge on any atom is -0.462 e. The van der Waals surface area contributed by atoms with Crippen LogP contribution < -0.4 is 5.43 Å². The zero-order chi connectivity index (χ0) is 18.2. The van der Waals surface area contributed by atoms with Gasteiger partial charge in [-0.1, -0.05) is 15.9 Å². The molecule has 134 valence electrons. The van der Waals surface area contributed by atoms with Gasteiger partial charge in [0.2, 0.25) is 5.43 Å². The van der Waals surface area contributed by atoms with Gasteiger partial charge in [-0.15, -0.1) is 0 Å². The van der Waals surface area contributed by atoms with Crippen LogP contribution in [0.2, 0.25) is 0 Å². The van der Waals surface area contributed by atoms with Crippen LogP contribution in [0.4, 0.5) is 0 Å². The number of benzene rings is 1. The Bertz CT molecular complexity index is 874. The fourth-order valence-corrected chi connectivity index (χ4v) is 3.29. The maximum Gasteiger partial charge on any atom is 0.343 e. The maximum atomic E-state index is 12.7. The molecule has 1 fully saturated rings. The number of rotatable bonds is 4. The molecule has 0 radical (unpaired) electrons. The molecule has 1 aliphatic rings. The molecule has 1 aromatic carbocycles. The largest absolute Gasteiger partial charge is 0.462 e. The van der Waals surface area contributed by atoms with Crippen molar-refractivity contribution in [3.8, 4) is 0 Å². The first-order valence-electron chi connectivity index (χ1n) is 8.12. The van der Waals surface area contributed by atoms with Crippen LogP contribution in [0.15, 0.2) is 33.7 Å². The van der Waals surface area contributed by atoms with Gasteiger partial charge in [0.25, 0.3) is 0 Å². The van der Waals surface area contributed by atoms with E-state index in [0.717, 1.165) is 9.99 Å². The zero-order valence-electron chi connectivity index (χ0n) is 14.4. The van der Waals surface area contributed by atoms with Gasteiger partial charge in [0.15, 0.2) is 5.79 Å². The van der Waals surface area contributed by atoms with Crippen molar-refractivity contribution in [1.82, 2.24) is 4.57 Å². The van der Waals surface area contributed by atoms with Crippen molar-refractivity contribution >= 4 is 32.8 Å². The normalized spacial score (nSPS) is 19.3. The second kappa shape index (κ2) is 6.90. The highest BCUT2D eigenvalue weighted by Gasteiger charge is 2.33. The van der Waals surface area contributed by atoms with E-state index in [-0.39, 0.29) is 23.7 Å². The minimum atomic E-state index is -0.635. The molecule has 0 aliphatic carbocycles. The summed E-state index contributed by atoms with van der Waals surface area (Å²) in [6.45, 7) is 6.55. The number of carbonyl (C=O) groups excluding carboxylic acids is 1. The van der Waals surface area contributed by atoms with E-state index in [4.69, 9.17) is 14.2 Å². The number of hydrogen-bond acceptors (Lipinski definition) is 5. The smallest absolute Gasteiger partial charge is 0.343 e. The molecule has 0 spiro atoms. The molecule has 0 amide bonds. The average Bonchev–Trinajstić information content (AvgIpc) is 2.89. The fourth-order valence-electron chi connectivity index (χ4n) is 2.94. The van der Waals surface area contributed by atoms with Crippen LogP contribution in [0.1, 0.15) is 31.1 Å². The predicted octanol–water partition coefficient (Wildman–Crippen LogP) is 3.09. The highest BCUT2D eigenvalue weighted by atomic mass is 79.9. The van der Waals surface area contributed by atoms with Gasteiger partial charge in [-0.2, -0.15) is 0 Å². The highest BCUT2D eigenvalue weighted by molar-refractivity contribution is 9.10. The monoisotopic (exact) mass is 409 g/mol. The molecular formula is C18H20BrNO5. The Balaban J connectivity index is 2.08. The average molecular weight is 410 g/mol. The van der Waals surface area contributed by atoms with E-state index >= 15 is 0 Å². The van der Waals surface area contributed by atoms with Crippen LogP contribution in [0.3, 0.4) is 0 Å². The molecule has 0 N–H and O–H groups in total. The lowest BCUT2D eigenvalue weighted by Crippen LogP contribution is -2.26. The van der Waals surface area contributed by atoms with E-state index in [9.17, 15) is 9.59 Å². The first-order valence-corrected chi connectivity index (χ1v) is 8.91. The number of pyridine rings is 1. The summed E-state index contributed by atoms with van der Waals surface area (Å²) in [5.41, 5.74) is 0.414. The van der Waals surface area contributed by atoms with Crippen LogP contribution in [0, 0.1) is 0 Å². The summed E-state index contributed by atoms with van der Waals surface area (Å²) in [4.78, 5) is 24.8. The Kier molecular flexibility index (Phi) is 4.99. The van der Waals surface area contributed by atoms with Gasteiger partial charge < -0.3 is 18.8 Å². The molecule has 3 rings (SSSR count). The first-order chi connectivity index (χ1) is 11.8. The third-order valence-electron chi connectivity index (χ3n) is 4.01. The molecule has 0 bridgehead atoms. The van der Waals surface area contributed by atoms with E-state index in [1.807, 2.05) is 24.5 Å². The standard InChI is InChI=1S/C18H20BrNO5/c1-4-23-17(22)14-9-20(8-12-10-24-18(2,3)25-12)15-7-11(19)5-6-13(15)16(14)21/h5-7,9,12H,4,8,10H2,1-3H3. The van der Waals surface area contributed by atoms with Gasteiger partial charge in [0.1, 0.15) is 11.7 Å². The second-order valence-electron chi connectivity index (χ2n) is 6.36. The van der Waals surface area contributed by atoms with Gasteiger partial charge in [-0.3, -0.25) is 4.79 Å². The van der Waals surface area contributed by atoms with Crippen molar-refractivity contribution in [3.05, 3.63) is 44.7 Å². The van der Waals surface area contributed by atoms with Gasteiger partial charge in [-0.25, -0.2) is 4.79 Å². The van der Waals surface area contributed by atoms with Crippen molar-refractivity contribution in [1.29, 1.82) is 0 Å². The van der Waals surface area contributed by atoms with Gasteiger partial charge in [0, 0.05) is 16.1 Å². The molecule has 1 saturated heterocycles. The summed E-state index contributed by atoms with van der Waals surface area (Å²) in [6, 6.07) is 5.34. The van der Waals surface area contributed by atoms with Crippen molar-refractivity contribution in [3.63, 3.8) is 0 Å². The predicted molar refractivity (Wildman–Crippen MR) is 96.8 cm³/mol. The van der Waals surface area contributed by atoms with Gasteiger partial charge in [-0.05, 0) is 39.0 Å². The number of aromatic nitrogens is 1. The molecule has 1 aromatic heterocycles. The molecule has 1 atom stereocenters. The lowest BCUT2D eigenvalue weighted by atomic mass is 10.1. The lowest BCUT2D eigenvalue weighted by molar-refractivity contribution is -0.139. The third-order valence-corrected chi connectivity index (χ3v) is 4.50. The van der Waals surface area contributed by atoms with Crippen molar-refractivity contribution < 1.29 is 19.0 Å². The molecule has 7 heteroatoms. The number of esters is 1. The Labute approximate surface area is 153 Å². The number of ether oxygens (including phenoxy) is 3. The second-order valence-corrected chi connectivity index (χ2v) is 7.27. The van der Waals surface area contributed by atoms with Gasteiger partial charge >= 0.3 is 5.97 Å². The van der Waals surface area contributed by atoms with E-state index in [1.54, 1.807) is 25.3 Å². The van der Waals surface area contributed by atoms with Gasteiger partial charge in [0.05, 0.1) is 25.3 Å². The van der Waals surface area contributed by atoms with Crippen molar-refractivity contribution in [2.24, 2.45) is 0 Å². The quantitative estimate of drug-likeness (QED) is 0.725. The SMILES string of the molecule is CCOC(=O)c1cn(CC2COC(C)(C)O2)c2cc(Br)ccc2c1=O. The molecular weight excluding hydrogens is 390 g/mol. The van der Waals surface area contributed by atoms with E-state index in [0.29, 0.717) is 18.5 Å². The summed E-state index contributed by atoms with van der Waals surface area (Å²) in [5.74, 6) is -1.25. The fraction of sp³-hybridized carbons (Fsp3) is 0.444. The van der Waals surface area contributed by atoms with E-state index < -0.39 is 11.8 Å². The molecule has 6 nitrogen and oxygen atoms in total. The summed E-state index contributed by atoms with van der Waals surface area (Å²) in [6.07, 6.45) is 1.37. The van der Waals surface area contributed by atoms with Crippen LogP contribution in [-0.2, 0) is 20.8 Å². The Hall–Kier alpha value is -1.70. The molecule has 1 unspecified atom stereocenters. The molecule has 0 saturated carbocycles. The Morgan fingerprint density at radius 3 is 2.84 bits per heavy atom. The summed E-state index contributed by atoms with van der Waals surface area (Å²) < 4.78 is 19.2. The van der Waals surface area contributed by atoms with Crippen molar-refractivity contribution in [2.75, 3.05) is 13.2 Å². The molecule has 2 heterocycles. The third kappa shape index (κ3) is 3.78. The molecule has 1 aliphatic heterocycles. The number of nitrogens with zero attached hydrogens (tertiary/aromatic N) is 1. The zero-order valence-corrected chi connectivity index (χ0v) is 16.0. The summed E-state index contributed by atoms with van der Waals surface area (Å²) in [5, 5.41) is 0.465. The Morgan fingerprint density at radius 1 is 1.44 bits per heavy atom. The topological polar surface area (TPSA) is 66.8 Å². The molecule has 25 heavy (non-hydrogen) atoms. The lowest BCUT2D eigenvalue weighted by Gasteiger charge is -2.19. The number of fused-ring (bicyclic) bond motifs is 1. The van der Waals surface area contributed by atoms with E-state index in [1.165, 1.54) is 0 Å². The van der Waals surface area contributed by atoms with Crippen LogP contribution in [0.25, 0.3) is 10.9 Å². The van der Waals surface area contributed by atoms with E-state index in [2.05, 4.69) is 15.9 Å². The Morgan fingerprint density at radius 2 is 2.20 bits per heavy atom.